The van der Waals surface area contributed by atoms with E-state index < -0.39 is 0 Å². The molecule has 6 nitrogen and oxygen atoms in total. The van der Waals surface area contributed by atoms with Crippen molar-refractivity contribution < 1.29 is 29.9 Å². The summed E-state index contributed by atoms with van der Waals surface area (Å²) in [6.07, 6.45) is 0. The van der Waals surface area contributed by atoms with Gasteiger partial charge in [-0.15, -0.1) is 0 Å². The Morgan fingerprint density at radius 1 is 0.296 bits per heavy atom. The molecule has 6 heteroatoms. The van der Waals surface area contributed by atoms with Gasteiger partial charge in [-0.05, 0) is 127 Å². The summed E-state index contributed by atoms with van der Waals surface area (Å²) in [5.41, 5.74) is 6.14. The van der Waals surface area contributed by atoms with Crippen molar-refractivity contribution in [3.63, 3.8) is 0 Å². The average Bonchev–Trinajstić information content (AvgIpc) is 3.18. The molecule has 9 aromatic rings. The second-order valence-corrected chi connectivity index (χ2v) is 14.3. The normalized spacial score (nSPS) is 13.6. The smallest absolute Gasteiger partial charge is 0.132 e. The van der Waals surface area contributed by atoms with Crippen LogP contribution < -0.4 is 9.47 Å². The van der Waals surface area contributed by atoms with Crippen molar-refractivity contribution in [1.29, 1.82) is 0 Å². The van der Waals surface area contributed by atoms with Crippen molar-refractivity contribution in [2.75, 3.05) is 0 Å². The maximum atomic E-state index is 10.4. The van der Waals surface area contributed by atoms with Gasteiger partial charge in [0.15, 0.2) is 0 Å². The second kappa shape index (κ2) is 11.2. The Morgan fingerprint density at radius 2 is 0.556 bits per heavy atom. The molecular formula is C48H30O6. The fraction of sp³-hybridized carbons (Fsp3) is 0.0417. The average molecular weight is 703 g/mol. The third-order valence-corrected chi connectivity index (χ3v) is 11.2. The third kappa shape index (κ3) is 4.47. The number of aromatic hydroxyl groups is 4. The van der Waals surface area contributed by atoms with Crippen molar-refractivity contribution in [3.05, 3.63) is 179 Å². The molecule has 0 bridgehead atoms. The molecule has 0 aromatic heterocycles. The van der Waals surface area contributed by atoms with Gasteiger partial charge in [-0.1, -0.05) is 72.8 Å². The van der Waals surface area contributed by atoms with Crippen molar-refractivity contribution in [1.82, 2.24) is 0 Å². The molecule has 4 N–H and O–H groups in total. The van der Waals surface area contributed by atoms with Crippen LogP contribution in [0.3, 0.4) is 0 Å². The van der Waals surface area contributed by atoms with Crippen LogP contribution in [0, 0.1) is 0 Å². The van der Waals surface area contributed by atoms with Gasteiger partial charge in [0, 0.05) is 34.1 Å². The first-order valence-electron chi connectivity index (χ1n) is 17.9. The van der Waals surface area contributed by atoms with Gasteiger partial charge in [-0.25, -0.2) is 0 Å². The Labute approximate surface area is 309 Å². The summed E-state index contributed by atoms with van der Waals surface area (Å²) in [6.45, 7) is 0. The molecule has 0 fully saturated rings. The highest BCUT2D eigenvalue weighted by Crippen LogP contribution is 2.55. The van der Waals surface area contributed by atoms with E-state index in [-0.39, 0.29) is 34.8 Å². The monoisotopic (exact) mass is 702 g/mol. The molecular weight excluding hydrogens is 673 g/mol. The van der Waals surface area contributed by atoms with Crippen molar-refractivity contribution >= 4 is 43.1 Å². The summed E-state index contributed by atoms with van der Waals surface area (Å²) in [7, 11) is 0. The Bertz CT molecular complexity index is 2670. The van der Waals surface area contributed by atoms with Crippen molar-refractivity contribution in [2.45, 2.75) is 11.8 Å². The van der Waals surface area contributed by atoms with E-state index in [4.69, 9.17) is 9.47 Å². The van der Waals surface area contributed by atoms with E-state index >= 15 is 0 Å². The predicted octanol–water partition coefficient (Wildman–Crippen LogP) is 11.7. The van der Waals surface area contributed by atoms with Crippen LogP contribution >= 0.6 is 0 Å². The highest BCUT2D eigenvalue weighted by molar-refractivity contribution is 5.98. The van der Waals surface area contributed by atoms with E-state index in [0.717, 1.165) is 99.5 Å². The molecule has 11 rings (SSSR count). The molecule has 2 aliphatic rings. The number of phenolic OH excluding ortho intramolecular Hbond substituents is 4. The zero-order valence-corrected chi connectivity index (χ0v) is 28.6. The number of phenols is 4. The topological polar surface area (TPSA) is 99.4 Å². The minimum atomic E-state index is -0.235. The molecule has 0 atom stereocenters. The summed E-state index contributed by atoms with van der Waals surface area (Å²) < 4.78 is 13.3. The number of hydrogen-bond donors (Lipinski definition) is 4. The molecule has 0 aliphatic carbocycles. The highest BCUT2D eigenvalue weighted by Gasteiger charge is 2.35. The van der Waals surface area contributed by atoms with E-state index in [9.17, 15) is 20.4 Å². The highest BCUT2D eigenvalue weighted by atomic mass is 16.5. The molecule has 258 valence electrons. The van der Waals surface area contributed by atoms with Crippen LogP contribution in [-0.4, -0.2) is 20.4 Å². The van der Waals surface area contributed by atoms with E-state index in [1.54, 1.807) is 48.5 Å². The maximum Gasteiger partial charge on any atom is 0.132 e. The van der Waals surface area contributed by atoms with Gasteiger partial charge in [0.2, 0.25) is 0 Å². The third-order valence-electron chi connectivity index (χ3n) is 11.2. The van der Waals surface area contributed by atoms with Crippen LogP contribution in [0.1, 0.15) is 45.2 Å². The van der Waals surface area contributed by atoms with Crippen molar-refractivity contribution in [3.8, 4) is 46.0 Å². The minimum absolute atomic E-state index is 0.198. The van der Waals surface area contributed by atoms with Gasteiger partial charge in [0.05, 0.1) is 0 Å². The largest absolute Gasteiger partial charge is 0.508 e. The van der Waals surface area contributed by atoms with Gasteiger partial charge >= 0.3 is 0 Å². The van der Waals surface area contributed by atoms with E-state index in [2.05, 4.69) is 24.3 Å². The quantitative estimate of drug-likeness (QED) is 0.143. The molecule has 0 radical (unpaired) electrons. The zero-order chi connectivity index (χ0) is 36.2. The number of fused-ring (bicyclic) bond motifs is 12. The summed E-state index contributed by atoms with van der Waals surface area (Å²) in [5, 5.41) is 49.2. The van der Waals surface area contributed by atoms with Crippen LogP contribution in [0.15, 0.2) is 146 Å². The predicted molar refractivity (Wildman–Crippen MR) is 211 cm³/mol. The first kappa shape index (κ1) is 30.4. The number of benzene rings is 9. The molecule has 0 spiro atoms. The fourth-order valence-electron chi connectivity index (χ4n) is 8.91. The van der Waals surface area contributed by atoms with Crippen LogP contribution in [0.25, 0.3) is 43.1 Å². The van der Waals surface area contributed by atoms with Gasteiger partial charge in [-0.2, -0.15) is 0 Å². The Hall–Kier alpha value is -7.18. The SMILES string of the molecule is Oc1ccc2c3c(ccc2c1)Oc1ccc2cc(O)ccc2c1C3c1ccc(C2c3c(ccc4cc(O)ccc34)Oc3ccc4cc(O)ccc4c32)cc1. The molecule has 0 unspecified atom stereocenters. The second-order valence-electron chi connectivity index (χ2n) is 14.3. The van der Waals surface area contributed by atoms with Crippen LogP contribution in [0.2, 0.25) is 0 Å². The van der Waals surface area contributed by atoms with E-state index in [1.165, 1.54) is 0 Å². The minimum Gasteiger partial charge on any atom is -0.508 e. The lowest BCUT2D eigenvalue weighted by atomic mass is 9.76. The Morgan fingerprint density at radius 3 is 0.815 bits per heavy atom. The lowest BCUT2D eigenvalue weighted by molar-refractivity contribution is 0.455. The molecule has 54 heavy (non-hydrogen) atoms. The van der Waals surface area contributed by atoms with Gasteiger partial charge < -0.3 is 29.9 Å². The van der Waals surface area contributed by atoms with E-state index in [1.807, 2.05) is 72.8 Å². The van der Waals surface area contributed by atoms with Crippen LogP contribution in [0.5, 0.6) is 46.0 Å². The zero-order valence-electron chi connectivity index (χ0n) is 28.6. The van der Waals surface area contributed by atoms with E-state index in [0.29, 0.717) is 0 Å². The first-order chi connectivity index (χ1) is 26.4. The number of hydrogen-bond acceptors (Lipinski definition) is 6. The number of ether oxygens (including phenoxy) is 2. The fourth-order valence-corrected chi connectivity index (χ4v) is 8.91. The van der Waals surface area contributed by atoms with Crippen molar-refractivity contribution in [2.24, 2.45) is 0 Å². The molecule has 2 aliphatic heterocycles. The lowest BCUT2D eigenvalue weighted by Gasteiger charge is -2.33. The van der Waals surface area contributed by atoms with Gasteiger partial charge in [0.25, 0.3) is 0 Å². The summed E-state index contributed by atoms with van der Waals surface area (Å²) in [6, 6.07) is 46.4. The maximum absolute atomic E-state index is 10.4. The summed E-state index contributed by atoms with van der Waals surface area (Å²) >= 11 is 0. The van der Waals surface area contributed by atoms with Gasteiger partial charge in [-0.3, -0.25) is 0 Å². The molecule has 0 saturated heterocycles. The molecule has 2 heterocycles. The van der Waals surface area contributed by atoms with Crippen LogP contribution in [-0.2, 0) is 0 Å². The summed E-state index contributed by atoms with van der Waals surface area (Å²) in [4.78, 5) is 0. The molecule has 0 amide bonds. The Balaban J connectivity index is 1.16. The molecule has 0 saturated carbocycles. The Kier molecular flexibility index (Phi) is 6.29. The standard InChI is InChI=1S/C48H30O6/c49-31-9-13-35-27(21-31)5-17-39-45(35)43(46-36-14-10-32(50)22-28(36)6-18-40(46)53-39)25-1-2-26(4-3-25)44-47-37-15-11-33(51)23-29(37)7-19-41(47)54-42-20-8-30-24-34(52)12-16-38(30)48(42)44/h1-24,43-44,49-52H. The molecule has 9 aromatic carbocycles. The van der Waals surface area contributed by atoms with Crippen LogP contribution in [0.4, 0.5) is 0 Å². The lowest BCUT2D eigenvalue weighted by Crippen LogP contribution is -2.14. The summed E-state index contributed by atoms with van der Waals surface area (Å²) in [5.74, 6) is 3.34. The van der Waals surface area contributed by atoms with Gasteiger partial charge in [0.1, 0.15) is 46.0 Å². The number of rotatable bonds is 2. The first-order valence-corrected chi connectivity index (χ1v) is 17.9.